The normalized spacial score (nSPS) is 17.6. The van der Waals surface area contributed by atoms with Crippen LogP contribution in [0.15, 0.2) is 18.2 Å². The third kappa shape index (κ3) is 3.71. The summed E-state index contributed by atoms with van der Waals surface area (Å²) in [7, 11) is 0. The van der Waals surface area contributed by atoms with Crippen LogP contribution >= 0.6 is 0 Å². The lowest BCUT2D eigenvalue weighted by Gasteiger charge is -2.24. The van der Waals surface area contributed by atoms with Crippen molar-refractivity contribution in [3.05, 3.63) is 29.3 Å². The highest BCUT2D eigenvalue weighted by Crippen LogP contribution is 2.31. The second-order valence-electron chi connectivity index (χ2n) is 5.56. The molecule has 0 aromatic heterocycles. The van der Waals surface area contributed by atoms with Crippen molar-refractivity contribution >= 4 is 0 Å². The molecule has 0 unspecified atom stereocenters. The molecule has 1 fully saturated rings. The standard InChI is InChI=1S/C16H25NO2/c1-3-17-11-14-8-6-7-13(2)15(14)19-12-16(18)9-4-5-10-16/h6-8,17-18H,3-5,9-12H2,1-2H3. The number of ether oxygens (including phenoxy) is 1. The molecular weight excluding hydrogens is 238 g/mol. The van der Waals surface area contributed by atoms with Crippen LogP contribution < -0.4 is 10.1 Å². The molecule has 0 radical (unpaired) electrons. The molecule has 1 aromatic carbocycles. The SMILES string of the molecule is CCNCc1cccc(C)c1OCC1(O)CCCC1. The molecule has 2 N–H and O–H groups in total. The lowest BCUT2D eigenvalue weighted by atomic mass is 10.0. The highest BCUT2D eigenvalue weighted by molar-refractivity contribution is 5.40. The number of hydrogen-bond donors (Lipinski definition) is 2. The number of rotatable bonds is 6. The van der Waals surface area contributed by atoms with Gasteiger partial charge in [0.25, 0.3) is 0 Å². The smallest absolute Gasteiger partial charge is 0.126 e. The maximum Gasteiger partial charge on any atom is 0.126 e. The monoisotopic (exact) mass is 263 g/mol. The van der Waals surface area contributed by atoms with Gasteiger partial charge < -0.3 is 15.2 Å². The highest BCUT2D eigenvalue weighted by atomic mass is 16.5. The van der Waals surface area contributed by atoms with Crippen LogP contribution in [-0.4, -0.2) is 23.9 Å². The first-order valence-corrected chi connectivity index (χ1v) is 7.29. The van der Waals surface area contributed by atoms with E-state index in [0.29, 0.717) is 6.61 Å². The van der Waals surface area contributed by atoms with E-state index < -0.39 is 5.60 Å². The number of para-hydroxylation sites is 1. The maximum absolute atomic E-state index is 10.4. The van der Waals surface area contributed by atoms with Gasteiger partial charge in [0.1, 0.15) is 12.4 Å². The Morgan fingerprint density at radius 3 is 2.74 bits per heavy atom. The highest BCUT2D eigenvalue weighted by Gasteiger charge is 2.32. The van der Waals surface area contributed by atoms with Crippen molar-refractivity contribution in [1.29, 1.82) is 0 Å². The average molecular weight is 263 g/mol. The zero-order valence-corrected chi connectivity index (χ0v) is 12.0. The molecule has 1 saturated carbocycles. The molecule has 106 valence electrons. The minimum absolute atomic E-state index is 0.414. The Morgan fingerprint density at radius 2 is 2.05 bits per heavy atom. The van der Waals surface area contributed by atoms with Crippen molar-refractivity contribution in [3.8, 4) is 5.75 Å². The number of aliphatic hydroxyl groups is 1. The first kappa shape index (κ1) is 14.4. The Morgan fingerprint density at radius 1 is 1.32 bits per heavy atom. The summed E-state index contributed by atoms with van der Waals surface area (Å²) in [5.41, 5.74) is 1.69. The van der Waals surface area contributed by atoms with Crippen LogP contribution in [0.1, 0.15) is 43.7 Å². The van der Waals surface area contributed by atoms with Crippen molar-refractivity contribution in [2.24, 2.45) is 0 Å². The first-order chi connectivity index (χ1) is 9.14. The zero-order valence-electron chi connectivity index (χ0n) is 12.0. The number of benzene rings is 1. The van der Waals surface area contributed by atoms with E-state index in [9.17, 15) is 5.11 Å². The van der Waals surface area contributed by atoms with E-state index in [4.69, 9.17) is 4.74 Å². The minimum atomic E-state index is -0.613. The van der Waals surface area contributed by atoms with Gasteiger partial charge in [0.2, 0.25) is 0 Å². The third-order valence-electron chi connectivity index (χ3n) is 3.88. The Labute approximate surface area is 116 Å². The lowest BCUT2D eigenvalue weighted by molar-refractivity contribution is 0.000924. The van der Waals surface area contributed by atoms with Gasteiger partial charge in [-0.2, -0.15) is 0 Å². The maximum atomic E-state index is 10.4. The summed E-state index contributed by atoms with van der Waals surface area (Å²) in [4.78, 5) is 0. The second kappa shape index (κ2) is 6.40. The molecule has 0 atom stereocenters. The first-order valence-electron chi connectivity index (χ1n) is 7.29. The topological polar surface area (TPSA) is 41.5 Å². The van der Waals surface area contributed by atoms with Crippen molar-refractivity contribution in [2.45, 2.75) is 51.7 Å². The van der Waals surface area contributed by atoms with Crippen molar-refractivity contribution in [1.82, 2.24) is 5.32 Å². The van der Waals surface area contributed by atoms with Gasteiger partial charge in [-0.25, -0.2) is 0 Å². The summed E-state index contributed by atoms with van der Waals surface area (Å²) < 4.78 is 5.96. The lowest BCUT2D eigenvalue weighted by Crippen LogP contribution is -2.32. The summed E-state index contributed by atoms with van der Waals surface area (Å²) in [5.74, 6) is 0.934. The second-order valence-corrected chi connectivity index (χ2v) is 5.56. The summed E-state index contributed by atoms with van der Waals surface area (Å²) >= 11 is 0. The molecule has 0 bridgehead atoms. The van der Waals surface area contributed by atoms with Crippen LogP contribution in [0.3, 0.4) is 0 Å². The van der Waals surface area contributed by atoms with E-state index >= 15 is 0 Å². The van der Waals surface area contributed by atoms with Crippen molar-refractivity contribution in [2.75, 3.05) is 13.2 Å². The number of aryl methyl sites for hydroxylation is 1. The molecule has 0 heterocycles. The molecule has 19 heavy (non-hydrogen) atoms. The van der Waals surface area contributed by atoms with Gasteiger partial charge in [-0.15, -0.1) is 0 Å². The Balaban J connectivity index is 2.05. The minimum Gasteiger partial charge on any atom is -0.490 e. The van der Waals surface area contributed by atoms with Crippen LogP contribution in [-0.2, 0) is 6.54 Å². The molecule has 0 amide bonds. The van der Waals surface area contributed by atoms with E-state index in [0.717, 1.165) is 50.1 Å². The Hall–Kier alpha value is -1.06. The number of hydrogen-bond acceptors (Lipinski definition) is 3. The van der Waals surface area contributed by atoms with Gasteiger partial charge >= 0.3 is 0 Å². The molecule has 0 aliphatic heterocycles. The van der Waals surface area contributed by atoms with E-state index in [2.05, 4.69) is 37.4 Å². The molecule has 0 spiro atoms. The van der Waals surface area contributed by atoms with E-state index in [1.807, 2.05) is 0 Å². The predicted molar refractivity (Wildman–Crippen MR) is 77.5 cm³/mol. The van der Waals surface area contributed by atoms with Gasteiger partial charge in [-0.3, -0.25) is 0 Å². The fourth-order valence-electron chi connectivity index (χ4n) is 2.70. The summed E-state index contributed by atoms with van der Waals surface area (Å²) in [6.45, 7) is 6.32. The molecule has 3 heteroatoms. The molecule has 0 saturated heterocycles. The Bertz CT molecular complexity index is 411. The molecule has 3 nitrogen and oxygen atoms in total. The van der Waals surface area contributed by atoms with Crippen molar-refractivity contribution < 1.29 is 9.84 Å². The van der Waals surface area contributed by atoms with Crippen molar-refractivity contribution in [3.63, 3.8) is 0 Å². The zero-order chi connectivity index (χ0) is 13.7. The molecular formula is C16H25NO2. The van der Waals surface area contributed by atoms with E-state index in [1.54, 1.807) is 0 Å². The van der Waals surface area contributed by atoms with Crippen LogP contribution in [0.4, 0.5) is 0 Å². The van der Waals surface area contributed by atoms with Gasteiger partial charge in [-0.1, -0.05) is 38.0 Å². The van der Waals surface area contributed by atoms with Gasteiger partial charge in [0, 0.05) is 12.1 Å². The predicted octanol–water partition coefficient (Wildman–Crippen LogP) is 2.79. The number of nitrogens with one attached hydrogen (secondary N) is 1. The van der Waals surface area contributed by atoms with Crippen LogP contribution in [0.25, 0.3) is 0 Å². The molecule has 1 aliphatic rings. The van der Waals surface area contributed by atoms with Gasteiger partial charge in [-0.05, 0) is 31.9 Å². The summed E-state index contributed by atoms with van der Waals surface area (Å²) in [6, 6.07) is 6.20. The van der Waals surface area contributed by atoms with Crippen LogP contribution in [0, 0.1) is 6.92 Å². The summed E-state index contributed by atoms with van der Waals surface area (Å²) in [6.07, 6.45) is 3.94. The third-order valence-corrected chi connectivity index (χ3v) is 3.88. The fourth-order valence-corrected chi connectivity index (χ4v) is 2.70. The molecule has 1 aliphatic carbocycles. The van der Waals surface area contributed by atoms with Gasteiger partial charge in [0.05, 0.1) is 5.60 Å². The van der Waals surface area contributed by atoms with E-state index in [-0.39, 0.29) is 0 Å². The molecule has 1 aromatic rings. The molecule has 2 rings (SSSR count). The Kier molecular flexibility index (Phi) is 4.83. The van der Waals surface area contributed by atoms with Gasteiger partial charge in [0.15, 0.2) is 0 Å². The quantitative estimate of drug-likeness (QED) is 0.829. The fraction of sp³-hybridized carbons (Fsp3) is 0.625. The van der Waals surface area contributed by atoms with E-state index in [1.165, 1.54) is 5.56 Å². The largest absolute Gasteiger partial charge is 0.490 e. The van der Waals surface area contributed by atoms with Crippen LogP contribution in [0.5, 0.6) is 5.75 Å². The summed E-state index contributed by atoms with van der Waals surface area (Å²) in [5, 5.41) is 13.7. The average Bonchev–Trinajstić information content (AvgIpc) is 2.82. The van der Waals surface area contributed by atoms with Crippen LogP contribution in [0.2, 0.25) is 0 Å².